The fourth-order valence-corrected chi connectivity index (χ4v) is 7.08. The number of carbonyl (C=O) groups is 2. The maximum Gasteiger partial charge on any atom is 0.469 e. The Morgan fingerprint density at radius 3 is 1.98 bits per heavy atom. The first-order valence-electron chi connectivity index (χ1n) is 21.2. The Morgan fingerprint density at radius 1 is 0.709 bits per heavy atom. The summed E-state index contributed by atoms with van der Waals surface area (Å²) in [5, 5.41) is 31.3. The monoisotopic (exact) mass is 799 g/mol. The molecule has 1 aliphatic carbocycles. The summed E-state index contributed by atoms with van der Waals surface area (Å²) in [6.45, 7) is 3.35. The predicted molar refractivity (Wildman–Crippen MR) is 218 cm³/mol. The van der Waals surface area contributed by atoms with Crippen LogP contribution in [0.2, 0.25) is 0 Å². The lowest BCUT2D eigenvalue weighted by Crippen LogP contribution is -2.29. The molecule has 0 unspecified atom stereocenters. The number of aliphatic hydroxyl groups is 3. The Balaban J connectivity index is 2.30. The van der Waals surface area contributed by atoms with Crippen molar-refractivity contribution in [1.82, 2.24) is 0 Å². The van der Waals surface area contributed by atoms with E-state index in [4.69, 9.17) is 19.3 Å². The number of unbranched alkanes of at least 4 members (excludes halogenated alkanes) is 12. The van der Waals surface area contributed by atoms with E-state index in [2.05, 4.69) is 48.8 Å². The molecule has 0 aromatic heterocycles. The van der Waals surface area contributed by atoms with E-state index in [1.165, 1.54) is 38.5 Å². The summed E-state index contributed by atoms with van der Waals surface area (Å²) in [5.74, 6) is -1.40. The molecule has 11 nitrogen and oxygen atoms in total. The Morgan fingerprint density at radius 2 is 1.29 bits per heavy atom. The van der Waals surface area contributed by atoms with Gasteiger partial charge in [-0.2, -0.15) is 0 Å². The summed E-state index contributed by atoms with van der Waals surface area (Å²) < 4.78 is 26.4. The van der Waals surface area contributed by atoms with E-state index in [1.54, 1.807) is 6.08 Å². The Labute approximate surface area is 331 Å². The molecule has 1 saturated carbocycles. The van der Waals surface area contributed by atoms with Crippen LogP contribution in [0.25, 0.3) is 0 Å². The number of phosphoric ester groups is 1. The molecule has 0 amide bonds. The molecule has 6 atom stereocenters. The van der Waals surface area contributed by atoms with Crippen LogP contribution < -0.4 is 0 Å². The summed E-state index contributed by atoms with van der Waals surface area (Å²) in [6, 6.07) is 0. The molecule has 318 valence electrons. The third-order valence-electron chi connectivity index (χ3n) is 9.92. The van der Waals surface area contributed by atoms with Crippen LogP contribution in [0.5, 0.6) is 0 Å². The van der Waals surface area contributed by atoms with Crippen molar-refractivity contribution in [3.8, 4) is 0 Å². The zero-order chi connectivity index (χ0) is 40.6. The maximum absolute atomic E-state index is 12.5. The zero-order valence-electron chi connectivity index (χ0n) is 33.9. The fraction of sp³-hybridized carbons (Fsp3) is 0.767. The van der Waals surface area contributed by atoms with E-state index >= 15 is 0 Å². The number of esters is 2. The second kappa shape index (κ2) is 32.9. The van der Waals surface area contributed by atoms with Crippen molar-refractivity contribution in [2.45, 2.75) is 186 Å². The van der Waals surface area contributed by atoms with Crippen LogP contribution in [0, 0.1) is 11.8 Å². The lowest BCUT2D eigenvalue weighted by atomic mass is 9.88. The number of hydrogen-bond donors (Lipinski definition) is 5. The van der Waals surface area contributed by atoms with Gasteiger partial charge in [0, 0.05) is 25.2 Å². The quantitative estimate of drug-likeness (QED) is 0.0181. The highest BCUT2D eigenvalue weighted by molar-refractivity contribution is 7.46. The molecule has 55 heavy (non-hydrogen) atoms. The third kappa shape index (κ3) is 28.9. The predicted octanol–water partition coefficient (Wildman–Crippen LogP) is 9.12. The van der Waals surface area contributed by atoms with Gasteiger partial charge in [-0.3, -0.25) is 14.1 Å². The van der Waals surface area contributed by atoms with Crippen molar-refractivity contribution >= 4 is 19.8 Å². The second-order valence-corrected chi connectivity index (χ2v) is 16.2. The number of rotatable bonds is 34. The topological polar surface area (TPSA) is 180 Å². The molecule has 0 radical (unpaired) electrons. The third-order valence-corrected chi connectivity index (χ3v) is 10.4. The molecule has 1 rings (SSSR count). The minimum absolute atomic E-state index is 0.0733. The first kappa shape index (κ1) is 50.9. The molecule has 1 aliphatic rings. The first-order chi connectivity index (χ1) is 26.5. The first-order valence-corrected chi connectivity index (χ1v) is 22.7. The van der Waals surface area contributed by atoms with Crippen LogP contribution in [0.3, 0.4) is 0 Å². The number of hydrogen-bond acceptors (Lipinski definition) is 9. The molecule has 0 bridgehead atoms. The number of phosphoric acid groups is 1. The van der Waals surface area contributed by atoms with Gasteiger partial charge < -0.3 is 34.6 Å². The van der Waals surface area contributed by atoms with Gasteiger partial charge in [0.05, 0.1) is 24.9 Å². The van der Waals surface area contributed by atoms with Gasteiger partial charge in [-0.05, 0) is 63.7 Å². The lowest BCUT2D eigenvalue weighted by molar-refractivity contribution is -0.161. The van der Waals surface area contributed by atoms with Gasteiger partial charge >= 0.3 is 19.8 Å². The molecule has 12 heteroatoms. The van der Waals surface area contributed by atoms with Gasteiger partial charge in [0.1, 0.15) is 6.61 Å². The van der Waals surface area contributed by atoms with E-state index in [9.17, 15) is 29.5 Å². The fourth-order valence-electron chi connectivity index (χ4n) is 6.72. The summed E-state index contributed by atoms with van der Waals surface area (Å²) in [5.41, 5.74) is 0. The SMILES string of the molecule is CCCCCCCC/C=C\C/C=C\C/C=C\CCCC(=O)OC[C@H](COP(=O)(O)O)OC(=O)CCCCCC[C@@H]1[C@@H](/C=C/[C@@H](O)CCCCC)[C@H](O)C[C@@H]1O. The zero-order valence-corrected chi connectivity index (χ0v) is 34.8. The summed E-state index contributed by atoms with van der Waals surface area (Å²) in [6.07, 6.45) is 33.3. The Hall–Kier alpha value is -2.11. The average Bonchev–Trinajstić information content (AvgIpc) is 3.41. The molecule has 1 fully saturated rings. The van der Waals surface area contributed by atoms with E-state index in [1.807, 2.05) is 12.2 Å². The van der Waals surface area contributed by atoms with Crippen LogP contribution >= 0.6 is 7.82 Å². The van der Waals surface area contributed by atoms with Gasteiger partial charge in [-0.25, -0.2) is 4.57 Å². The highest BCUT2D eigenvalue weighted by Gasteiger charge is 2.39. The normalized spacial score (nSPS) is 20.3. The lowest BCUT2D eigenvalue weighted by Gasteiger charge is -2.21. The van der Waals surface area contributed by atoms with Crippen molar-refractivity contribution in [2.24, 2.45) is 11.8 Å². The van der Waals surface area contributed by atoms with Gasteiger partial charge in [0.25, 0.3) is 0 Å². The molecule has 0 saturated heterocycles. The molecule has 5 N–H and O–H groups in total. The van der Waals surface area contributed by atoms with Crippen LogP contribution in [-0.4, -0.2) is 74.7 Å². The molecular formula is C43H75O11P. The molecule has 0 aromatic rings. The highest BCUT2D eigenvalue weighted by atomic mass is 31.2. The van der Waals surface area contributed by atoms with Crippen molar-refractivity contribution in [1.29, 1.82) is 0 Å². The number of ether oxygens (including phenoxy) is 2. The number of carbonyl (C=O) groups excluding carboxylic acids is 2. The van der Waals surface area contributed by atoms with Crippen LogP contribution in [0.1, 0.15) is 162 Å². The van der Waals surface area contributed by atoms with E-state index in [0.717, 1.165) is 57.8 Å². The Kier molecular flexibility index (Phi) is 30.5. The average molecular weight is 799 g/mol. The van der Waals surface area contributed by atoms with Crippen LogP contribution in [0.4, 0.5) is 0 Å². The summed E-state index contributed by atoms with van der Waals surface area (Å²) >= 11 is 0. The number of allylic oxidation sites excluding steroid dienone is 6. The van der Waals surface area contributed by atoms with Crippen molar-refractivity contribution in [3.05, 3.63) is 48.6 Å². The molecular weight excluding hydrogens is 723 g/mol. The summed E-state index contributed by atoms with van der Waals surface area (Å²) in [7, 11) is -4.83. The van der Waals surface area contributed by atoms with Gasteiger partial charge in [-0.15, -0.1) is 0 Å². The van der Waals surface area contributed by atoms with Crippen LogP contribution in [0.15, 0.2) is 48.6 Å². The Bertz CT molecular complexity index is 1150. The smallest absolute Gasteiger partial charge is 0.462 e. The molecule has 0 spiro atoms. The minimum atomic E-state index is -4.83. The van der Waals surface area contributed by atoms with E-state index in [-0.39, 0.29) is 31.3 Å². The number of aliphatic hydroxyl groups excluding tert-OH is 3. The van der Waals surface area contributed by atoms with E-state index < -0.39 is 50.8 Å². The van der Waals surface area contributed by atoms with Gasteiger partial charge in [-0.1, -0.05) is 133 Å². The largest absolute Gasteiger partial charge is 0.469 e. The van der Waals surface area contributed by atoms with Crippen molar-refractivity contribution < 1.29 is 53.3 Å². The second-order valence-electron chi connectivity index (χ2n) is 14.9. The molecule has 0 aromatic carbocycles. The highest BCUT2D eigenvalue weighted by Crippen LogP contribution is 2.38. The minimum Gasteiger partial charge on any atom is -0.462 e. The van der Waals surface area contributed by atoms with Gasteiger partial charge in [0.2, 0.25) is 0 Å². The van der Waals surface area contributed by atoms with Crippen molar-refractivity contribution in [2.75, 3.05) is 13.2 Å². The standard InChI is InChI=1S/C43H75O11P/c1-3-5-7-8-9-10-11-12-13-14-15-16-17-18-19-20-25-29-42(47)52-34-37(35-53-55(49,50)51)54-43(48)30-26-22-21-24-28-38-39(41(46)33-40(38)45)32-31-36(44)27-23-6-4-2/h12-13,15-16,18-19,31-32,36-41,44-46H,3-11,14,17,20-30,33-35H2,1-2H3,(H2,49,50,51)/b13-12-,16-15-,19-18-,32-31+/t36-,37+,38+,39+,40-,41+/m0/s1. The maximum atomic E-state index is 12.5. The van der Waals surface area contributed by atoms with Crippen LogP contribution in [-0.2, 0) is 28.2 Å². The molecule has 0 heterocycles. The van der Waals surface area contributed by atoms with Gasteiger partial charge in [0.15, 0.2) is 6.10 Å². The van der Waals surface area contributed by atoms with Crippen molar-refractivity contribution in [3.63, 3.8) is 0 Å². The van der Waals surface area contributed by atoms with E-state index in [0.29, 0.717) is 38.5 Å². The molecule has 0 aliphatic heterocycles. The summed E-state index contributed by atoms with van der Waals surface area (Å²) in [4.78, 5) is 43.1.